The minimum atomic E-state index is -0.166. The number of nitrogens with two attached hydrogens (primary N) is 1. The normalized spacial score (nSPS) is 14.9. The predicted molar refractivity (Wildman–Crippen MR) is 62.2 cm³/mol. The summed E-state index contributed by atoms with van der Waals surface area (Å²) in [5.74, 6) is 0.717. The molecule has 0 aliphatic carbocycles. The summed E-state index contributed by atoms with van der Waals surface area (Å²) < 4.78 is 1.82. The van der Waals surface area contributed by atoms with E-state index in [0.29, 0.717) is 6.54 Å². The van der Waals surface area contributed by atoms with Crippen LogP contribution in [0, 0.1) is 0 Å². The Bertz CT molecular complexity index is 473. The molecule has 86 valence electrons. The molecule has 2 aromatic rings. The number of aromatic nitrogens is 4. The van der Waals surface area contributed by atoms with Crippen molar-refractivity contribution in [3.63, 3.8) is 0 Å². The second-order valence-electron chi connectivity index (χ2n) is 4.08. The van der Waals surface area contributed by atoms with E-state index >= 15 is 0 Å². The van der Waals surface area contributed by atoms with Crippen LogP contribution in [0.5, 0.6) is 0 Å². The zero-order chi connectivity index (χ0) is 11.6. The zero-order valence-electron chi connectivity index (χ0n) is 9.51. The van der Waals surface area contributed by atoms with Crippen LogP contribution < -0.4 is 11.1 Å². The minimum Gasteiger partial charge on any atom is -0.360 e. The molecule has 6 nitrogen and oxygen atoms in total. The van der Waals surface area contributed by atoms with Crippen LogP contribution in [0.1, 0.15) is 20.3 Å². The fourth-order valence-corrected chi connectivity index (χ4v) is 1.42. The predicted octanol–water partition coefficient (Wildman–Crippen LogP) is 0.664. The summed E-state index contributed by atoms with van der Waals surface area (Å²) in [6.45, 7) is 4.69. The van der Waals surface area contributed by atoms with Gasteiger partial charge in [0.05, 0.1) is 0 Å². The van der Waals surface area contributed by atoms with Gasteiger partial charge >= 0.3 is 0 Å². The van der Waals surface area contributed by atoms with Crippen LogP contribution in [0.25, 0.3) is 5.65 Å². The van der Waals surface area contributed by atoms with Gasteiger partial charge in [-0.05, 0) is 13.3 Å². The summed E-state index contributed by atoms with van der Waals surface area (Å²) in [5, 5.41) is 11.2. The maximum atomic E-state index is 5.75. The van der Waals surface area contributed by atoms with Crippen molar-refractivity contribution in [3.05, 3.63) is 18.7 Å². The van der Waals surface area contributed by atoms with Crippen molar-refractivity contribution in [1.29, 1.82) is 0 Å². The third-order valence-corrected chi connectivity index (χ3v) is 2.87. The Hall–Kier alpha value is -1.69. The van der Waals surface area contributed by atoms with E-state index in [2.05, 4.69) is 34.3 Å². The summed E-state index contributed by atoms with van der Waals surface area (Å²) >= 11 is 0. The maximum absolute atomic E-state index is 5.75. The van der Waals surface area contributed by atoms with Gasteiger partial charge in [0.2, 0.25) is 5.65 Å². The molecule has 0 bridgehead atoms. The Labute approximate surface area is 93.9 Å². The summed E-state index contributed by atoms with van der Waals surface area (Å²) in [7, 11) is 0. The molecule has 0 aromatic carbocycles. The van der Waals surface area contributed by atoms with Crippen molar-refractivity contribution in [3.8, 4) is 0 Å². The van der Waals surface area contributed by atoms with Crippen LogP contribution in [0.15, 0.2) is 18.7 Å². The molecule has 6 heteroatoms. The van der Waals surface area contributed by atoms with Crippen LogP contribution in [0.3, 0.4) is 0 Å². The van der Waals surface area contributed by atoms with Crippen LogP contribution in [0.2, 0.25) is 0 Å². The number of nitrogens with zero attached hydrogens (tertiary/aromatic N) is 4. The fraction of sp³-hybridized carbons (Fsp3) is 0.500. The highest BCUT2D eigenvalue weighted by molar-refractivity contribution is 5.62. The lowest BCUT2D eigenvalue weighted by atomic mass is 9.99. The lowest BCUT2D eigenvalue weighted by molar-refractivity contribution is 0.505. The lowest BCUT2D eigenvalue weighted by Gasteiger charge is -2.28. The quantitative estimate of drug-likeness (QED) is 0.791. The van der Waals surface area contributed by atoms with E-state index in [4.69, 9.17) is 5.73 Å². The number of hydrogen-bond donors (Lipinski definition) is 2. The van der Waals surface area contributed by atoms with Gasteiger partial charge < -0.3 is 11.1 Å². The second-order valence-corrected chi connectivity index (χ2v) is 4.08. The largest absolute Gasteiger partial charge is 0.360 e. The van der Waals surface area contributed by atoms with Gasteiger partial charge in [-0.15, -0.1) is 10.2 Å². The minimum absolute atomic E-state index is 0.166. The third-order valence-electron chi connectivity index (χ3n) is 2.87. The van der Waals surface area contributed by atoms with Gasteiger partial charge in [0.15, 0.2) is 5.82 Å². The molecule has 0 saturated carbocycles. The Kier molecular flexibility index (Phi) is 2.74. The molecule has 0 aliphatic rings. The molecule has 0 aliphatic heterocycles. The van der Waals surface area contributed by atoms with Crippen molar-refractivity contribution in [2.45, 2.75) is 25.8 Å². The van der Waals surface area contributed by atoms with Crippen molar-refractivity contribution in [1.82, 2.24) is 19.6 Å². The maximum Gasteiger partial charge on any atom is 0.203 e. The molecule has 0 fully saturated rings. The topological polar surface area (TPSA) is 81.1 Å². The van der Waals surface area contributed by atoms with Crippen molar-refractivity contribution < 1.29 is 0 Å². The Morgan fingerprint density at radius 2 is 2.38 bits per heavy atom. The molecule has 0 radical (unpaired) electrons. The second kappa shape index (κ2) is 4.05. The standard InChI is InChI=1S/C10H16N6/c1-3-10(2,6-11)14-8-9-15-13-7-16(9)5-4-12-8/h4-5,7H,3,6,11H2,1-2H3,(H,12,14). The summed E-state index contributed by atoms with van der Waals surface area (Å²) in [5.41, 5.74) is 6.30. The number of rotatable bonds is 4. The van der Waals surface area contributed by atoms with E-state index in [1.807, 2.05) is 10.6 Å². The number of anilines is 1. The first-order chi connectivity index (χ1) is 7.68. The van der Waals surface area contributed by atoms with Crippen LogP contribution in [-0.4, -0.2) is 31.7 Å². The summed E-state index contributed by atoms with van der Waals surface area (Å²) in [4.78, 5) is 4.27. The van der Waals surface area contributed by atoms with Crippen LogP contribution in [0.4, 0.5) is 5.82 Å². The molecule has 0 amide bonds. The first kappa shape index (κ1) is 10.8. The van der Waals surface area contributed by atoms with Crippen molar-refractivity contribution in [2.75, 3.05) is 11.9 Å². The third kappa shape index (κ3) is 1.83. The molecule has 3 N–H and O–H groups in total. The molecule has 2 aromatic heterocycles. The average Bonchev–Trinajstić information content (AvgIpc) is 2.78. The Balaban J connectivity index is 2.37. The highest BCUT2D eigenvalue weighted by Crippen LogP contribution is 2.18. The van der Waals surface area contributed by atoms with Gasteiger partial charge in [0.1, 0.15) is 6.33 Å². The highest BCUT2D eigenvalue weighted by Gasteiger charge is 2.21. The number of fused-ring (bicyclic) bond motifs is 1. The van der Waals surface area contributed by atoms with Gasteiger partial charge in [0, 0.05) is 24.5 Å². The molecule has 16 heavy (non-hydrogen) atoms. The van der Waals surface area contributed by atoms with Gasteiger partial charge in [-0.2, -0.15) is 0 Å². The fourth-order valence-electron chi connectivity index (χ4n) is 1.42. The SMILES string of the molecule is CCC(C)(CN)Nc1nccn2cnnc12. The first-order valence-corrected chi connectivity index (χ1v) is 5.31. The Morgan fingerprint density at radius 1 is 1.56 bits per heavy atom. The van der Waals surface area contributed by atoms with E-state index in [1.54, 1.807) is 12.5 Å². The smallest absolute Gasteiger partial charge is 0.203 e. The number of nitrogens with one attached hydrogen (secondary N) is 1. The van der Waals surface area contributed by atoms with E-state index in [0.717, 1.165) is 17.9 Å². The van der Waals surface area contributed by atoms with Crippen molar-refractivity contribution >= 4 is 11.5 Å². The van der Waals surface area contributed by atoms with Gasteiger partial charge in [-0.25, -0.2) is 4.98 Å². The lowest BCUT2D eigenvalue weighted by Crippen LogP contribution is -2.42. The molecular formula is C10H16N6. The molecular weight excluding hydrogens is 204 g/mol. The molecule has 2 heterocycles. The van der Waals surface area contributed by atoms with E-state index in [9.17, 15) is 0 Å². The average molecular weight is 220 g/mol. The molecule has 1 unspecified atom stereocenters. The van der Waals surface area contributed by atoms with Gasteiger partial charge in [-0.3, -0.25) is 4.40 Å². The molecule has 0 saturated heterocycles. The van der Waals surface area contributed by atoms with E-state index in [1.165, 1.54) is 0 Å². The molecule has 1 atom stereocenters. The van der Waals surface area contributed by atoms with Crippen molar-refractivity contribution in [2.24, 2.45) is 5.73 Å². The summed E-state index contributed by atoms with van der Waals surface area (Å²) in [6.07, 6.45) is 6.09. The van der Waals surface area contributed by atoms with E-state index < -0.39 is 0 Å². The first-order valence-electron chi connectivity index (χ1n) is 5.31. The van der Waals surface area contributed by atoms with Crippen LogP contribution in [-0.2, 0) is 0 Å². The zero-order valence-corrected chi connectivity index (χ0v) is 9.51. The highest BCUT2D eigenvalue weighted by atomic mass is 15.3. The number of hydrogen-bond acceptors (Lipinski definition) is 5. The Morgan fingerprint density at radius 3 is 3.06 bits per heavy atom. The summed E-state index contributed by atoms with van der Waals surface area (Å²) in [6, 6.07) is 0. The van der Waals surface area contributed by atoms with Gasteiger partial charge in [0.25, 0.3) is 0 Å². The molecule has 2 rings (SSSR count). The van der Waals surface area contributed by atoms with Gasteiger partial charge in [-0.1, -0.05) is 6.92 Å². The monoisotopic (exact) mass is 220 g/mol. The molecule has 0 spiro atoms. The van der Waals surface area contributed by atoms with Crippen LogP contribution >= 0.6 is 0 Å². The van der Waals surface area contributed by atoms with E-state index in [-0.39, 0.29) is 5.54 Å².